The maximum atomic E-state index is 4.90. The molecule has 2 aromatic rings. The molecular weight excluding hydrogens is 452 g/mol. The largest absolute Gasteiger partial charge is 0.317 e. The van der Waals surface area contributed by atoms with Crippen molar-refractivity contribution in [3.8, 4) is 0 Å². The normalized spacial score (nSPS) is 22.5. The third kappa shape index (κ3) is 11.2. The Morgan fingerprint density at radius 1 is 0.946 bits per heavy atom. The topological polar surface area (TPSA) is 49.3 Å². The highest BCUT2D eigenvalue weighted by Crippen LogP contribution is 2.36. The zero-order valence-corrected chi connectivity index (χ0v) is 23.2. The molecule has 4 heteroatoms. The van der Waals surface area contributed by atoms with Crippen LogP contribution < -0.4 is 10.6 Å². The van der Waals surface area contributed by atoms with Gasteiger partial charge in [0, 0.05) is 31.2 Å². The number of nitrogens with one attached hydrogen (secondary N) is 2. The maximum Gasteiger partial charge on any atom is 0.0541 e. The lowest BCUT2D eigenvalue weighted by Crippen LogP contribution is -2.29. The van der Waals surface area contributed by atoms with Crippen LogP contribution in [-0.4, -0.2) is 24.3 Å². The van der Waals surface area contributed by atoms with Gasteiger partial charge in [0.1, 0.15) is 0 Å². The molecule has 0 saturated carbocycles. The zero-order chi connectivity index (χ0) is 26.0. The summed E-state index contributed by atoms with van der Waals surface area (Å²) in [7, 11) is 0. The fourth-order valence-electron chi connectivity index (χ4n) is 5.16. The van der Waals surface area contributed by atoms with Gasteiger partial charge in [-0.05, 0) is 99.7 Å². The molecule has 200 valence electrons. The van der Waals surface area contributed by atoms with Gasteiger partial charge >= 0.3 is 0 Å². The highest BCUT2D eigenvalue weighted by Gasteiger charge is 2.27. The maximum absolute atomic E-state index is 4.90. The van der Waals surface area contributed by atoms with E-state index < -0.39 is 0 Å². The van der Waals surface area contributed by atoms with Gasteiger partial charge in [-0.15, -0.1) is 0 Å². The molecule has 3 rings (SSSR count). The van der Waals surface area contributed by atoms with Crippen molar-refractivity contribution in [1.29, 1.82) is 0 Å². The van der Waals surface area contributed by atoms with Crippen molar-refractivity contribution in [2.24, 2.45) is 10.4 Å². The van der Waals surface area contributed by atoms with Crippen LogP contribution in [0.1, 0.15) is 88.5 Å². The quantitative estimate of drug-likeness (QED) is 0.393. The van der Waals surface area contributed by atoms with Gasteiger partial charge in [-0.3, -0.25) is 9.98 Å². The molecule has 1 aromatic heterocycles. The lowest BCUT2D eigenvalue weighted by atomic mass is 9.73. The molecule has 1 aliphatic rings. The van der Waals surface area contributed by atoms with E-state index in [0.29, 0.717) is 5.41 Å². The lowest BCUT2D eigenvalue weighted by molar-refractivity contribution is 0.228. The van der Waals surface area contributed by atoms with E-state index in [-0.39, 0.29) is 0 Å². The number of hydrogen-bond acceptors (Lipinski definition) is 4. The number of allylic oxidation sites excluding steroid dienone is 4. The van der Waals surface area contributed by atoms with Crippen molar-refractivity contribution >= 4 is 6.21 Å². The molecule has 1 atom stereocenters. The summed E-state index contributed by atoms with van der Waals surface area (Å²) in [5, 5.41) is 7.26. The van der Waals surface area contributed by atoms with Crippen molar-refractivity contribution in [2.45, 2.75) is 91.1 Å². The number of benzene rings is 1. The van der Waals surface area contributed by atoms with Gasteiger partial charge in [0.25, 0.3) is 0 Å². The first-order valence-electron chi connectivity index (χ1n) is 14.5. The van der Waals surface area contributed by atoms with Crippen LogP contribution in [0.5, 0.6) is 0 Å². The Morgan fingerprint density at radius 2 is 1.78 bits per heavy atom. The van der Waals surface area contributed by atoms with E-state index in [1.165, 1.54) is 61.8 Å². The highest BCUT2D eigenvalue weighted by molar-refractivity contribution is 5.59. The Bertz CT molecular complexity index is 962. The third-order valence-electron chi connectivity index (χ3n) is 7.62. The fraction of sp³-hybridized carbons (Fsp3) is 0.515. The van der Waals surface area contributed by atoms with Crippen LogP contribution in [0.3, 0.4) is 0 Å². The van der Waals surface area contributed by atoms with Crippen LogP contribution in [0.4, 0.5) is 0 Å². The molecule has 2 heterocycles. The van der Waals surface area contributed by atoms with Gasteiger partial charge in [0.15, 0.2) is 0 Å². The zero-order valence-electron chi connectivity index (χ0n) is 23.2. The first kappa shape index (κ1) is 29.0. The Hall–Kier alpha value is -2.56. The predicted octanol–water partition coefficient (Wildman–Crippen LogP) is 7.57. The second-order valence-corrected chi connectivity index (χ2v) is 10.5. The second-order valence-electron chi connectivity index (χ2n) is 10.5. The average Bonchev–Trinajstić information content (AvgIpc) is 2.94. The van der Waals surface area contributed by atoms with Crippen molar-refractivity contribution in [1.82, 2.24) is 15.6 Å². The minimum atomic E-state index is 0.297. The van der Waals surface area contributed by atoms with Crippen molar-refractivity contribution in [2.75, 3.05) is 13.1 Å². The van der Waals surface area contributed by atoms with Gasteiger partial charge in [-0.25, -0.2) is 0 Å². The second kappa shape index (κ2) is 17.0. The van der Waals surface area contributed by atoms with E-state index in [1.54, 1.807) is 0 Å². The SMILES string of the molecule is C\C=C/C=C1CCCCCCNCCC(CC)(Cc2ccc(CNCc3ccccn3)cc2)CC/C=N/1. The minimum absolute atomic E-state index is 0.297. The summed E-state index contributed by atoms with van der Waals surface area (Å²) in [5.41, 5.74) is 5.36. The van der Waals surface area contributed by atoms with Gasteiger partial charge < -0.3 is 10.6 Å². The number of rotatable bonds is 8. The first-order valence-corrected chi connectivity index (χ1v) is 14.5. The summed E-state index contributed by atoms with van der Waals surface area (Å²) in [6, 6.07) is 15.3. The molecule has 2 N–H and O–H groups in total. The van der Waals surface area contributed by atoms with Crippen molar-refractivity contribution in [3.05, 3.63) is 89.4 Å². The van der Waals surface area contributed by atoms with Crippen LogP contribution in [0.2, 0.25) is 0 Å². The summed E-state index contributed by atoms with van der Waals surface area (Å²) >= 11 is 0. The van der Waals surface area contributed by atoms with E-state index in [4.69, 9.17) is 4.99 Å². The highest BCUT2D eigenvalue weighted by atomic mass is 14.9. The summed E-state index contributed by atoms with van der Waals surface area (Å²) in [5.74, 6) is 0. The van der Waals surface area contributed by atoms with E-state index in [1.807, 2.05) is 18.3 Å². The number of pyridine rings is 1. The molecular formula is C33H48N4. The van der Waals surface area contributed by atoms with Gasteiger partial charge in [-0.2, -0.15) is 0 Å². The standard InChI is InChI=1S/C33H48N4/c1-3-5-13-31-14-8-6-7-10-22-34-25-21-33(4-2,20-12-24-36-31)26-29-16-18-30(19-17-29)27-35-28-32-15-9-11-23-37-32/h3,5,9,11,13,15-19,23-24,34-35H,4,6-8,10,12,14,20-22,25-28H2,1-2H3/b5-3-,31-13-,36-24+. The summed E-state index contributed by atoms with van der Waals surface area (Å²) in [6.07, 6.45) is 22.4. The van der Waals surface area contributed by atoms with E-state index in [2.05, 4.69) is 84.2 Å². The van der Waals surface area contributed by atoms with Crippen LogP contribution in [-0.2, 0) is 19.5 Å². The van der Waals surface area contributed by atoms with Crippen LogP contribution in [0.25, 0.3) is 0 Å². The summed E-state index contributed by atoms with van der Waals surface area (Å²) < 4.78 is 0. The van der Waals surface area contributed by atoms with Crippen LogP contribution >= 0.6 is 0 Å². The Balaban J connectivity index is 1.62. The van der Waals surface area contributed by atoms with Crippen LogP contribution in [0, 0.1) is 5.41 Å². The number of aliphatic imine (C=N–C) groups is 1. The molecule has 1 unspecified atom stereocenters. The molecule has 37 heavy (non-hydrogen) atoms. The molecule has 0 aliphatic carbocycles. The molecule has 1 aromatic carbocycles. The molecule has 1 aliphatic heterocycles. The number of nitrogens with zero attached hydrogens (tertiary/aromatic N) is 2. The molecule has 0 bridgehead atoms. The van der Waals surface area contributed by atoms with Crippen molar-refractivity contribution < 1.29 is 0 Å². The third-order valence-corrected chi connectivity index (χ3v) is 7.62. The number of aromatic nitrogens is 1. The van der Waals surface area contributed by atoms with E-state index >= 15 is 0 Å². The van der Waals surface area contributed by atoms with Crippen LogP contribution in [0.15, 0.2) is 77.6 Å². The van der Waals surface area contributed by atoms with Gasteiger partial charge in [-0.1, -0.05) is 68.7 Å². The lowest BCUT2D eigenvalue weighted by Gasteiger charge is -2.33. The molecule has 0 spiro atoms. The van der Waals surface area contributed by atoms with Crippen molar-refractivity contribution in [3.63, 3.8) is 0 Å². The molecule has 0 saturated heterocycles. The molecule has 0 radical (unpaired) electrons. The Labute approximate surface area is 225 Å². The average molecular weight is 501 g/mol. The minimum Gasteiger partial charge on any atom is -0.317 e. The van der Waals surface area contributed by atoms with E-state index in [0.717, 1.165) is 51.1 Å². The molecule has 4 nitrogen and oxygen atoms in total. The summed E-state index contributed by atoms with van der Waals surface area (Å²) in [4.78, 5) is 9.29. The van der Waals surface area contributed by atoms with E-state index in [9.17, 15) is 0 Å². The Morgan fingerprint density at radius 3 is 2.57 bits per heavy atom. The predicted molar refractivity (Wildman–Crippen MR) is 159 cm³/mol. The smallest absolute Gasteiger partial charge is 0.0541 e. The van der Waals surface area contributed by atoms with Gasteiger partial charge in [0.2, 0.25) is 0 Å². The number of hydrogen-bond donors (Lipinski definition) is 2. The Kier molecular flexibility index (Phi) is 13.4. The summed E-state index contributed by atoms with van der Waals surface area (Å²) in [6.45, 7) is 8.34. The monoisotopic (exact) mass is 500 g/mol. The van der Waals surface area contributed by atoms with Gasteiger partial charge in [0.05, 0.1) is 5.69 Å². The molecule has 0 amide bonds. The molecule has 0 fully saturated rings. The fourth-order valence-corrected chi connectivity index (χ4v) is 5.16. The first-order chi connectivity index (χ1) is 18.2.